The zero-order chi connectivity index (χ0) is 26.0. The van der Waals surface area contributed by atoms with Gasteiger partial charge in [0, 0.05) is 10.8 Å². The highest BCUT2D eigenvalue weighted by Gasteiger charge is 2.78. The number of aliphatic carboxylic acids is 1. The lowest BCUT2D eigenvalue weighted by atomic mass is 9.34. The average molecular weight is 491 g/mol. The van der Waals surface area contributed by atoms with E-state index < -0.39 is 57.5 Å². The van der Waals surface area contributed by atoms with Crippen molar-refractivity contribution >= 4 is 5.97 Å². The Labute approximate surface area is 209 Å². The van der Waals surface area contributed by atoms with E-state index in [0.717, 1.165) is 12.8 Å². The van der Waals surface area contributed by atoms with E-state index in [2.05, 4.69) is 33.8 Å². The van der Waals surface area contributed by atoms with E-state index in [4.69, 9.17) is 0 Å². The number of aliphatic hydroxyl groups excluding tert-OH is 3. The van der Waals surface area contributed by atoms with Crippen LogP contribution in [0.5, 0.6) is 0 Å². The highest BCUT2D eigenvalue weighted by molar-refractivity contribution is 5.78. The number of carbonyl (C=O) groups is 1. The number of aliphatic hydroxyl groups is 4. The average Bonchev–Trinajstić information content (AvgIpc) is 3.08. The summed E-state index contributed by atoms with van der Waals surface area (Å²) < 4.78 is 0. The summed E-state index contributed by atoms with van der Waals surface area (Å²) in [4.78, 5) is 13.0. The van der Waals surface area contributed by atoms with Gasteiger partial charge in [-0.05, 0) is 79.4 Å². The van der Waals surface area contributed by atoms with Crippen LogP contribution in [-0.2, 0) is 4.79 Å². The van der Waals surface area contributed by atoms with Crippen molar-refractivity contribution in [1.82, 2.24) is 0 Å². The third-order valence-electron chi connectivity index (χ3n) is 13.3. The van der Waals surface area contributed by atoms with Gasteiger partial charge in [-0.1, -0.05) is 53.2 Å². The number of fused-ring (bicyclic) bond motifs is 7. The van der Waals surface area contributed by atoms with Gasteiger partial charge in [0.05, 0.1) is 24.2 Å². The van der Waals surface area contributed by atoms with Crippen molar-refractivity contribution in [2.75, 3.05) is 6.61 Å². The molecule has 0 aromatic carbocycles. The molecule has 0 aromatic rings. The highest BCUT2D eigenvalue weighted by atomic mass is 16.4. The molecule has 0 bridgehead atoms. The third kappa shape index (κ3) is 2.58. The summed E-state index contributed by atoms with van der Waals surface area (Å²) in [6.45, 7) is 12.3. The van der Waals surface area contributed by atoms with Crippen LogP contribution in [0.25, 0.3) is 0 Å². The van der Waals surface area contributed by atoms with E-state index in [1.165, 1.54) is 5.57 Å². The lowest BCUT2D eigenvalue weighted by molar-refractivity contribution is -0.336. The Bertz CT molecular complexity index is 963. The Morgan fingerprint density at radius 1 is 1.03 bits per heavy atom. The molecule has 0 spiro atoms. The quantitative estimate of drug-likeness (QED) is 0.376. The first-order valence-corrected chi connectivity index (χ1v) is 13.7. The van der Waals surface area contributed by atoms with Crippen LogP contribution in [0.4, 0.5) is 0 Å². The topological polar surface area (TPSA) is 118 Å². The molecule has 4 saturated carbocycles. The Morgan fingerprint density at radius 3 is 2.29 bits per heavy atom. The Kier molecular flexibility index (Phi) is 5.38. The second-order valence-electron chi connectivity index (χ2n) is 14.2. The molecule has 4 fully saturated rings. The van der Waals surface area contributed by atoms with Gasteiger partial charge in [0.15, 0.2) is 0 Å². The van der Waals surface area contributed by atoms with Gasteiger partial charge < -0.3 is 25.5 Å². The first-order chi connectivity index (χ1) is 16.1. The molecule has 0 heterocycles. The molecule has 35 heavy (non-hydrogen) atoms. The van der Waals surface area contributed by atoms with Gasteiger partial charge in [-0.3, -0.25) is 4.79 Å². The molecule has 0 unspecified atom stereocenters. The summed E-state index contributed by atoms with van der Waals surface area (Å²) in [5.41, 5.74) is -3.96. The van der Waals surface area contributed by atoms with Crippen LogP contribution in [0.2, 0.25) is 0 Å². The van der Waals surface area contributed by atoms with E-state index in [9.17, 15) is 30.3 Å². The monoisotopic (exact) mass is 490 g/mol. The molecule has 0 saturated heterocycles. The summed E-state index contributed by atoms with van der Waals surface area (Å²) in [6.07, 6.45) is 4.50. The molecular formula is C29H46O6. The third-order valence-corrected chi connectivity index (χ3v) is 13.3. The standard InChI is InChI=1S/C29H46O6/c1-16-9-12-28(23(33)34)14-26(5)18(22(28)17(16)2)7-8-19-24(3)11-10-20(31)27(6,15-30)29(24,35)21(32)13-25(19,26)4/h7,16-17,19-22,30-32,35H,8-15H2,1-6H3,(H,33,34)/t16-,17+,19-,20-,21-,22+,24-,25-,26-,27+,28+,29+/m1/s1. The molecule has 0 amide bonds. The summed E-state index contributed by atoms with van der Waals surface area (Å²) in [6, 6.07) is 0. The van der Waals surface area contributed by atoms with Crippen molar-refractivity contribution in [1.29, 1.82) is 0 Å². The van der Waals surface area contributed by atoms with E-state index in [1.54, 1.807) is 6.92 Å². The summed E-state index contributed by atoms with van der Waals surface area (Å²) in [5.74, 6) is 0.0376. The molecule has 0 aromatic heterocycles. The fourth-order valence-electron chi connectivity index (χ4n) is 10.8. The van der Waals surface area contributed by atoms with Gasteiger partial charge in [-0.15, -0.1) is 0 Å². The Balaban J connectivity index is 1.68. The number of carboxylic acids is 1. The van der Waals surface area contributed by atoms with Crippen molar-refractivity contribution in [3.8, 4) is 0 Å². The maximum Gasteiger partial charge on any atom is 0.310 e. The largest absolute Gasteiger partial charge is 0.481 e. The van der Waals surface area contributed by atoms with Gasteiger partial charge in [-0.2, -0.15) is 0 Å². The molecule has 0 radical (unpaired) electrons. The second kappa shape index (κ2) is 7.33. The highest BCUT2D eigenvalue weighted by Crippen LogP contribution is 2.78. The van der Waals surface area contributed by atoms with Gasteiger partial charge in [0.25, 0.3) is 0 Å². The molecule has 12 atom stereocenters. The fraction of sp³-hybridized carbons (Fsp3) is 0.897. The maximum atomic E-state index is 13.0. The number of hydrogen-bond acceptors (Lipinski definition) is 5. The zero-order valence-electron chi connectivity index (χ0n) is 22.3. The van der Waals surface area contributed by atoms with Crippen LogP contribution >= 0.6 is 0 Å². The first kappa shape index (κ1) is 25.7. The number of hydrogen-bond donors (Lipinski definition) is 5. The van der Waals surface area contributed by atoms with E-state index >= 15 is 0 Å². The van der Waals surface area contributed by atoms with Crippen LogP contribution in [-0.4, -0.2) is 55.9 Å². The van der Waals surface area contributed by atoms with Crippen LogP contribution in [0, 0.1) is 50.7 Å². The van der Waals surface area contributed by atoms with E-state index in [1.807, 2.05) is 6.92 Å². The second-order valence-corrected chi connectivity index (χ2v) is 14.2. The zero-order valence-corrected chi connectivity index (χ0v) is 22.3. The molecule has 5 N–H and O–H groups in total. The van der Waals surface area contributed by atoms with Crippen LogP contribution in [0.15, 0.2) is 11.6 Å². The van der Waals surface area contributed by atoms with Gasteiger partial charge >= 0.3 is 5.97 Å². The number of rotatable bonds is 2. The Morgan fingerprint density at radius 2 is 1.69 bits per heavy atom. The minimum Gasteiger partial charge on any atom is -0.481 e. The molecule has 0 aliphatic heterocycles. The van der Waals surface area contributed by atoms with Crippen LogP contribution in [0.1, 0.15) is 86.5 Å². The van der Waals surface area contributed by atoms with E-state index in [0.29, 0.717) is 38.0 Å². The molecule has 5 aliphatic carbocycles. The van der Waals surface area contributed by atoms with Crippen LogP contribution in [0.3, 0.4) is 0 Å². The van der Waals surface area contributed by atoms with Crippen molar-refractivity contribution in [2.24, 2.45) is 50.7 Å². The lowest BCUT2D eigenvalue weighted by Crippen LogP contribution is -2.78. The van der Waals surface area contributed by atoms with Crippen molar-refractivity contribution < 1.29 is 30.3 Å². The van der Waals surface area contributed by atoms with Gasteiger partial charge in [0.1, 0.15) is 5.60 Å². The van der Waals surface area contributed by atoms with Crippen LogP contribution < -0.4 is 0 Å². The molecular weight excluding hydrogens is 444 g/mol. The first-order valence-electron chi connectivity index (χ1n) is 13.7. The SMILES string of the molecule is C[C@H]1[C@H](C)CC[C@]2(C(=O)O)C[C@]3(C)C(=CC[C@@H]4[C@@]5(C)CC[C@@H](O)[C@](C)(CO)[C@]5(O)[C@H](O)C[C@]43C)[C@H]12. The summed E-state index contributed by atoms with van der Waals surface area (Å²) in [7, 11) is 0. The molecule has 6 nitrogen and oxygen atoms in total. The minimum atomic E-state index is -1.64. The fourth-order valence-corrected chi connectivity index (χ4v) is 10.8. The van der Waals surface area contributed by atoms with Gasteiger partial charge in [0.2, 0.25) is 0 Å². The Hall–Kier alpha value is -0.950. The minimum absolute atomic E-state index is 0.00532. The molecule has 198 valence electrons. The maximum absolute atomic E-state index is 13.0. The van der Waals surface area contributed by atoms with Crippen molar-refractivity contribution in [3.05, 3.63) is 11.6 Å². The summed E-state index contributed by atoms with van der Waals surface area (Å²) in [5, 5.41) is 56.0. The molecule has 6 heteroatoms. The van der Waals surface area contributed by atoms with Gasteiger partial charge in [-0.25, -0.2) is 0 Å². The summed E-state index contributed by atoms with van der Waals surface area (Å²) >= 11 is 0. The predicted molar refractivity (Wildman–Crippen MR) is 132 cm³/mol. The van der Waals surface area contributed by atoms with Crippen molar-refractivity contribution in [2.45, 2.75) is 104 Å². The lowest BCUT2D eigenvalue weighted by Gasteiger charge is -2.72. The molecule has 5 aliphatic rings. The predicted octanol–water partition coefficient (Wildman–Crippen LogP) is 3.76. The normalized spacial score (nSPS) is 59.5. The number of carboxylic acid groups (broad SMARTS) is 1. The molecule has 5 rings (SSSR count). The number of allylic oxidation sites excluding steroid dienone is 2. The van der Waals surface area contributed by atoms with E-state index in [-0.39, 0.29) is 17.8 Å². The van der Waals surface area contributed by atoms with Crippen molar-refractivity contribution in [3.63, 3.8) is 0 Å². The smallest absolute Gasteiger partial charge is 0.310 e.